The van der Waals surface area contributed by atoms with Crippen molar-refractivity contribution in [2.75, 3.05) is 19.0 Å². The number of amides is 1. The van der Waals surface area contributed by atoms with Crippen molar-refractivity contribution >= 4 is 28.8 Å². The number of hydrogen-bond acceptors (Lipinski definition) is 2. The zero-order valence-electron chi connectivity index (χ0n) is 9.95. The van der Waals surface area contributed by atoms with Crippen LogP contribution in [-0.2, 0) is 11.2 Å². The fourth-order valence-corrected chi connectivity index (χ4v) is 2.57. The van der Waals surface area contributed by atoms with Gasteiger partial charge in [-0.3, -0.25) is 4.79 Å². The molecule has 1 rings (SSSR count). The Morgan fingerprint density at radius 2 is 2.28 bits per heavy atom. The number of carbonyl (C=O) groups is 1. The molecular weight excluding hydrogens is 280 g/mol. The summed E-state index contributed by atoms with van der Waals surface area (Å²) in [6.45, 7) is -0.339. The summed E-state index contributed by atoms with van der Waals surface area (Å²) in [6.07, 6.45) is -0.718. The van der Waals surface area contributed by atoms with Gasteiger partial charge in [-0.2, -0.15) is 0 Å². The van der Waals surface area contributed by atoms with E-state index in [0.717, 1.165) is 11.3 Å². The summed E-state index contributed by atoms with van der Waals surface area (Å²) < 4.78 is 24.6. The predicted octanol–water partition coefficient (Wildman–Crippen LogP) is 3.40. The Bertz CT molecular complexity index is 346. The molecule has 102 valence electrons. The second-order valence-corrected chi connectivity index (χ2v) is 5.26. The van der Waals surface area contributed by atoms with Gasteiger partial charge < -0.3 is 4.90 Å². The molecule has 0 saturated heterocycles. The molecule has 0 radical (unpaired) electrons. The summed E-state index contributed by atoms with van der Waals surface area (Å²) in [7, 11) is 0. The number of hydrogen-bond donors (Lipinski definition) is 0. The van der Waals surface area contributed by atoms with Crippen LogP contribution in [0.1, 0.15) is 17.7 Å². The molecule has 0 aliphatic rings. The molecule has 0 fully saturated rings. The lowest BCUT2D eigenvalue weighted by atomic mass is 10.2. The van der Waals surface area contributed by atoms with Crippen molar-refractivity contribution in [2.24, 2.45) is 0 Å². The summed E-state index contributed by atoms with van der Waals surface area (Å²) in [4.78, 5) is 14.1. The summed E-state index contributed by atoms with van der Waals surface area (Å²) >= 11 is 7.14. The molecule has 0 saturated carbocycles. The standard InChI is InChI=1S/C12H16ClF2NOS/c13-6-7-16(9-11(14)15)12(17)5-1-3-10-4-2-8-18-10/h2,4,8,11H,1,3,5-7,9H2. The SMILES string of the molecule is O=C(CCCc1cccs1)N(CCCl)CC(F)F. The van der Waals surface area contributed by atoms with Crippen LogP contribution in [-0.4, -0.2) is 36.2 Å². The summed E-state index contributed by atoms with van der Waals surface area (Å²) in [5.41, 5.74) is 0. The summed E-state index contributed by atoms with van der Waals surface area (Å²) in [5, 5.41) is 1.98. The third-order valence-electron chi connectivity index (χ3n) is 2.46. The van der Waals surface area contributed by atoms with Crippen LogP contribution in [0.5, 0.6) is 0 Å². The van der Waals surface area contributed by atoms with Crippen LogP contribution >= 0.6 is 22.9 Å². The van der Waals surface area contributed by atoms with E-state index in [0.29, 0.717) is 12.8 Å². The molecule has 18 heavy (non-hydrogen) atoms. The molecule has 0 atom stereocenters. The number of thiophene rings is 1. The van der Waals surface area contributed by atoms with Crippen molar-refractivity contribution in [3.8, 4) is 0 Å². The van der Waals surface area contributed by atoms with Crippen molar-refractivity contribution in [3.63, 3.8) is 0 Å². The predicted molar refractivity (Wildman–Crippen MR) is 70.6 cm³/mol. The lowest BCUT2D eigenvalue weighted by Gasteiger charge is -2.21. The van der Waals surface area contributed by atoms with E-state index in [4.69, 9.17) is 11.6 Å². The van der Waals surface area contributed by atoms with Gasteiger partial charge in [0.15, 0.2) is 0 Å². The largest absolute Gasteiger partial charge is 0.336 e. The number of carbonyl (C=O) groups excluding carboxylic acids is 1. The van der Waals surface area contributed by atoms with Crippen LogP contribution in [0.3, 0.4) is 0 Å². The van der Waals surface area contributed by atoms with Crippen LogP contribution in [0.15, 0.2) is 17.5 Å². The van der Waals surface area contributed by atoms with Gasteiger partial charge in [0.2, 0.25) is 5.91 Å². The van der Waals surface area contributed by atoms with E-state index in [-0.39, 0.29) is 18.3 Å². The number of rotatable bonds is 8. The van der Waals surface area contributed by atoms with E-state index < -0.39 is 13.0 Å². The Hall–Kier alpha value is -0.680. The molecule has 0 spiro atoms. The first-order chi connectivity index (χ1) is 8.63. The van der Waals surface area contributed by atoms with Gasteiger partial charge in [0.1, 0.15) is 0 Å². The minimum atomic E-state index is -2.51. The Kier molecular flexibility index (Phi) is 7.20. The minimum absolute atomic E-state index is 0.184. The van der Waals surface area contributed by atoms with E-state index >= 15 is 0 Å². The topological polar surface area (TPSA) is 20.3 Å². The maximum absolute atomic E-state index is 12.3. The highest BCUT2D eigenvalue weighted by Crippen LogP contribution is 2.13. The molecule has 0 aliphatic heterocycles. The molecule has 0 aromatic carbocycles. The van der Waals surface area contributed by atoms with Gasteiger partial charge in [-0.25, -0.2) is 8.78 Å². The zero-order chi connectivity index (χ0) is 13.4. The normalized spacial score (nSPS) is 10.9. The average molecular weight is 296 g/mol. The second-order valence-electron chi connectivity index (χ2n) is 3.85. The van der Waals surface area contributed by atoms with Gasteiger partial charge in [0, 0.05) is 23.7 Å². The molecule has 0 aliphatic carbocycles. The monoisotopic (exact) mass is 295 g/mol. The van der Waals surface area contributed by atoms with Crippen LogP contribution in [0.25, 0.3) is 0 Å². The van der Waals surface area contributed by atoms with Gasteiger partial charge in [0.25, 0.3) is 6.43 Å². The first kappa shape index (κ1) is 15.4. The third-order valence-corrected chi connectivity index (χ3v) is 3.56. The van der Waals surface area contributed by atoms with E-state index in [1.165, 1.54) is 4.88 Å². The highest BCUT2D eigenvalue weighted by molar-refractivity contribution is 7.09. The van der Waals surface area contributed by atoms with Gasteiger partial charge in [-0.05, 0) is 24.3 Å². The Morgan fingerprint density at radius 3 is 2.83 bits per heavy atom. The highest BCUT2D eigenvalue weighted by Gasteiger charge is 2.17. The molecule has 2 nitrogen and oxygen atoms in total. The van der Waals surface area contributed by atoms with Crippen molar-refractivity contribution in [2.45, 2.75) is 25.7 Å². The highest BCUT2D eigenvalue weighted by atomic mass is 35.5. The maximum Gasteiger partial charge on any atom is 0.255 e. The van der Waals surface area contributed by atoms with E-state index in [2.05, 4.69) is 0 Å². The Morgan fingerprint density at radius 1 is 1.50 bits per heavy atom. The number of halogens is 3. The Balaban J connectivity index is 2.31. The van der Waals surface area contributed by atoms with Crippen molar-refractivity contribution in [1.29, 1.82) is 0 Å². The third kappa shape index (κ3) is 5.78. The zero-order valence-corrected chi connectivity index (χ0v) is 11.5. The molecule has 1 aromatic heterocycles. The molecule has 0 N–H and O–H groups in total. The molecular formula is C12H16ClF2NOS. The molecule has 1 heterocycles. The van der Waals surface area contributed by atoms with Gasteiger partial charge in [-0.15, -0.1) is 22.9 Å². The number of alkyl halides is 3. The Labute approximate surface area is 115 Å². The minimum Gasteiger partial charge on any atom is -0.336 e. The first-order valence-electron chi connectivity index (χ1n) is 5.77. The fraction of sp³-hybridized carbons (Fsp3) is 0.583. The first-order valence-corrected chi connectivity index (χ1v) is 7.19. The lowest BCUT2D eigenvalue weighted by Crippen LogP contribution is -2.36. The molecule has 0 bridgehead atoms. The van der Waals surface area contributed by atoms with Crippen LogP contribution < -0.4 is 0 Å². The fourth-order valence-electron chi connectivity index (χ4n) is 1.61. The lowest BCUT2D eigenvalue weighted by molar-refractivity contribution is -0.132. The molecule has 6 heteroatoms. The van der Waals surface area contributed by atoms with Gasteiger partial charge in [-0.1, -0.05) is 6.07 Å². The maximum atomic E-state index is 12.3. The van der Waals surface area contributed by atoms with Crippen molar-refractivity contribution < 1.29 is 13.6 Å². The van der Waals surface area contributed by atoms with Crippen LogP contribution in [0.4, 0.5) is 8.78 Å². The molecule has 1 amide bonds. The summed E-state index contributed by atoms with van der Waals surface area (Å²) in [6, 6.07) is 3.96. The smallest absolute Gasteiger partial charge is 0.255 e. The second kappa shape index (κ2) is 8.43. The number of aryl methyl sites for hydroxylation is 1. The van der Waals surface area contributed by atoms with E-state index in [9.17, 15) is 13.6 Å². The van der Waals surface area contributed by atoms with E-state index in [1.807, 2.05) is 17.5 Å². The average Bonchev–Trinajstić information content (AvgIpc) is 2.81. The quantitative estimate of drug-likeness (QED) is 0.673. The number of nitrogens with zero attached hydrogens (tertiary/aromatic N) is 1. The van der Waals surface area contributed by atoms with Gasteiger partial charge >= 0.3 is 0 Å². The van der Waals surface area contributed by atoms with Crippen molar-refractivity contribution in [1.82, 2.24) is 4.90 Å². The molecule has 1 aromatic rings. The van der Waals surface area contributed by atoms with E-state index in [1.54, 1.807) is 11.3 Å². The van der Waals surface area contributed by atoms with Gasteiger partial charge in [0.05, 0.1) is 6.54 Å². The summed E-state index contributed by atoms with van der Waals surface area (Å²) in [5.74, 6) is -0.0591. The van der Waals surface area contributed by atoms with Crippen LogP contribution in [0, 0.1) is 0 Å². The molecule has 0 unspecified atom stereocenters. The van der Waals surface area contributed by atoms with Crippen LogP contribution in [0.2, 0.25) is 0 Å². The van der Waals surface area contributed by atoms with Crippen molar-refractivity contribution in [3.05, 3.63) is 22.4 Å².